The third kappa shape index (κ3) is 6.95. The molecule has 0 amide bonds. The molecule has 0 aromatic carbocycles. The molecule has 0 aromatic rings. The highest BCUT2D eigenvalue weighted by atomic mass is 17.2. The van der Waals surface area contributed by atoms with E-state index in [2.05, 4.69) is 0 Å². The first-order chi connectivity index (χ1) is 6.50. The molecule has 2 aliphatic rings. The van der Waals surface area contributed by atoms with Crippen molar-refractivity contribution in [2.24, 2.45) is 0 Å². The third-order valence-corrected chi connectivity index (χ3v) is 1.78. The summed E-state index contributed by atoms with van der Waals surface area (Å²) in [5.41, 5.74) is 0. The average Bonchev–Trinajstić information content (AvgIpc) is 2.53. The van der Waals surface area contributed by atoms with Crippen LogP contribution in [-0.2, 0) is 19.2 Å². The zero-order valence-corrected chi connectivity index (χ0v) is 8.00. The maximum atomic E-state index is 4.94. The van der Waals surface area contributed by atoms with Gasteiger partial charge < -0.3 is 9.47 Å². The maximum Gasteiger partial charge on any atom is 0.0822 e. The molecule has 4 heteroatoms. The summed E-state index contributed by atoms with van der Waals surface area (Å²) < 4.78 is 9.89. The Labute approximate surface area is 79.0 Å². The Hall–Kier alpha value is -0.160. The highest BCUT2D eigenvalue weighted by Crippen LogP contribution is 2.01. The van der Waals surface area contributed by atoms with Gasteiger partial charge in [-0.3, -0.25) is 0 Å². The van der Waals surface area contributed by atoms with Crippen LogP contribution in [-0.4, -0.2) is 39.6 Å². The van der Waals surface area contributed by atoms with Crippen LogP contribution >= 0.6 is 0 Å². The molecule has 0 saturated carbocycles. The predicted molar refractivity (Wildman–Crippen MR) is 47.4 cm³/mol. The van der Waals surface area contributed by atoms with Crippen molar-refractivity contribution in [1.29, 1.82) is 0 Å². The lowest BCUT2D eigenvalue weighted by atomic mass is 10.3. The SMILES string of the molecule is C1CCOOCC1.C1COCCO1. The standard InChI is InChI=1S/C5H10O2.C4H8O2/c1-2-4-6-7-5-3-1;1-2-6-4-3-5-1/h1-5H2;1-4H2. The van der Waals surface area contributed by atoms with Crippen molar-refractivity contribution in [1.82, 2.24) is 0 Å². The lowest BCUT2D eigenvalue weighted by Crippen LogP contribution is -2.16. The first kappa shape index (κ1) is 10.9. The van der Waals surface area contributed by atoms with Crippen molar-refractivity contribution in [3.8, 4) is 0 Å². The van der Waals surface area contributed by atoms with Crippen molar-refractivity contribution < 1.29 is 19.2 Å². The van der Waals surface area contributed by atoms with E-state index in [1.165, 1.54) is 6.42 Å². The molecule has 0 aliphatic carbocycles. The number of hydrogen-bond acceptors (Lipinski definition) is 4. The summed E-state index contributed by atoms with van der Waals surface area (Å²) in [7, 11) is 0. The predicted octanol–water partition coefficient (Wildman–Crippen LogP) is 1.15. The van der Waals surface area contributed by atoms with E-state index >= 15 is 0 Å². The van der Waals surface area contributed by atoms with Crippen molar-refractivity contribution in [2.45, 2.75) is 19.3 Å². The van der Waals surface area contributed by atoms with Crippen LogP contribution in [0.2, 0.25) is 0 Å². The minimum Gasteiger partial charge on any atom is -0.377 e. The lowest BCUT2D eigenvalue weighted by molar-refractivity contribution is -0.287. The highest BCUT2D eigenvalue weighted by molar-refractivity contribution is 4.40. The Kier molecular flexibility index (Phi) is 7.09. The van der Waals surface area contributed by atoms with Crippen LogP contribution in [0.5, 0.6) is 0 Å². The molecule has 0 aromatic heterocycles. The largest absolute Gasteiger partial charge is 0.377 e. The van der Waals surface area contributed by atoms with E-state index in [1.807, 2.05) is 0 Å². The fraction of sp³-hybridized carbons (Fsp3) is 1.00. The summed E-state index contributed by atoms with van der Waals surface area (Å²) in [6.45, 7) is 4.67. The lowest BCUT2D eigenvalue weighted by Gasteiger charge is -2.09. The molecule has 0 radical (unpaired) electrons. The summed E-state index contributed by atoms with van der Waals surface area (Å²) in [6, 6.07) is 0. The molecule has 2 saturated heterocycles. The normalized spacial score (nSPS) is 24.0. The Balaban J connectivity index is 0.000000132. The molecule has 0 spiro atoms. The van der Waals surface area contributed by atoms with Gasteiger partial charge in [0.05, 0.1) is 39.6 Å². The maximum absolute atomic E-state index is 4.94. The van der Waals surface area contributed by atoms with Crippen molar-refractivity contribution in [2.75, 3.05) is 39.6 Å². The van der Waals surface area contributed by atoms with E-state index in [9.17, 15) is 0 Å². The van der Waals surface area contributed by atoms with E-state index in [1.54, 1.807) is 0 Å². The van der Waals surface area contributed by atoms with E-state index in [0.29, 0.717) is 0 Å². The summed E-state index contributed by atoms with van der Waals surface area (Å²) in [5, 5.41) is 0. The van der Waals surface area contributed by atoms with E-state index in [4.69, 9.17) is 19.2 Å². The second kappa shape index (κ2) is 8.44. The van der Waals surface area contributed by atoms with E-state index in [0.717, 1.165) is 52.5 Å². The first-order valence-electron chi connectivity index (χ1n) is 4.90. The van der Waals surface area contributed by atoms with Crippen LogP contribution in [0.1, 0.15) is 19.3 Å². The zero-order valence-electron chi connectivity index (χ0n) is 8.00. The molecule has 2 heterocycles. The number of hydrogen-bond donors (Lipinski definition) is 0. The summed E-state index contributed by atoms with van der Waals surface area (Å²) >= 11 is 0. The van der Waals surface area contributed by atoms with Crippen LogP contribution < -0.4 is 0 Å². The Morgan fingerprint density at radius 2 is 0.923 bits per heavy atom. The molecule has 4 nitrogen and oxygen atoms in total. The molecular formula is C9H18O4. The van der Waals surface area contributed by atoms with Crippen LogP contribution in [0.15, 0.2) is 0 Å². The Morgan fingerprint density at radius 1 is 0.462 bits per heavy atom. The van der Waals surface area contributed by atoms with Gasteiger partial charge in [-0.2, -0.15) is 0 Å². The Bertz CT molecular complexity index is 72.6. The van der Waals surface area contributed by atoms with Gasteiger partial charge in [0.25, 0.3) is 0 Å². The monoisotopic (exact) mass is 190 g/mol. The first-order valence-corrected chi connectivity index (χ1v) is 4.90. The van der Waals surface area contributed by atoms with Crippen molar-refractivity contribution >= 4 is 0 Å². The van der Waals surface area contributed by atoms with Gasteiger partial charge in [0.1, 0.15) is 0 Å². The van der Waals surface area contributed by atoms with Gasteiger partial charge in [0, 0.05) is 0 Å². The third-order valence-electron chi connectivity index (χ3n) is 1.78. The van der Waals surface area contributed by atoms with Crippen molar-refractivity contribution in [3.05, 3.63) is 0 Å². The minimum absolute atomic E-state index is 0.778. The zero-order chi connectivity index (χ0) is 9.19. The van der Waals surface area contributed by atoms with Gasteiger partial charge >= 0.3 is 0 Å². The Morgan fingerprint density at radius 3 is 1.31 bits per heavy atom. The van der Waals surface area contributed by atoms with Gasteiger partial charge in [-0.15, -0.1) is 0 Å². The quantitative estimate of drug-likeness (QED) is 0.537. The molecule has 0 bridgehead atoms. The van der Waals surface area contributed by atoms with E-state index in [-0.39, 0.29) is 0 Å². The number of ether oxygens (including phenoxy) is 2. The molecular weight excluding hydrogens is 172 g/mol. The summed E-state index contributed by atoms with van der Waals surface area (Å²) in [4.78, 5) is 9.39. The van der Waals surface area contributed by atoms with Gasteiger partial charge in [-0.25, -0.2) is 9.78 Å². The molecule has 13 heavy (non-hydrogen) atoms. The van der Waals surface area contributed by atoms with Crippen LogP contribution in [0.25, 0.3) is 0 Å². The minimum atomic E-state index is 0.778. The fourth-order valence-electron chi connectivity index (χ4n) is 1.06. The molecule has 0 atom stereocenters. The summed E-state index contributed by atoms with van der Waals surface area (Å²) in [6.07, 6.45) is 3.56. The molecule has 0 N–H and O–H groups in total. The van der Waals surface area contributed by atoms with Crippen molar-refractivity contribution in [3.63, 3.8) is 0 Å². The van der Waals surface area contributed by atoms with Gasteiger partial charge in [0.2, 0.25) is 0 Å². The molecule has 2 rings (SSSR count). The second-order valence-corrected chi connectivity index (χ2v) is 2.93. The van der Waals surface area contributed by atoms with Gasteiger partial charge in [0.15, 0.2) is 0 Å². The fourth-order valence-corrected chi connectivity index (χ4v) is 1.06. The average molecular weight is 190 g/mol. The number of rotatable bonds is 0. The van der Waals surface area contributed by atoms with Crippen LogP contribution in [0, 0.1) is 0 Å². The van der Waals surface area contributed by atoms with Gasteiger partial charge in [-0.1, -0.05) is 0 Å². The smallest absolute Gasteiger partial charge is 0.0822 e. The molecule has 78 valence electrons. The van der Waals surface area contributed by atoms with Crippen LogP contribution in [0.4, 0.5) is 0 Å². The van der Waals surface area contributed by atoms with Gasteiger partial charge in [-0.05, 0) is 19.3 Å². The molecule has 0 unspecified atom stereocenters. The highest BCUT2D eigenvalue weighted by Gasteiger charge is 1.96. The second-order valence-electron chi connectivity index (χ2n) is 2.93. The topological polar surface area (TPSA) is 36.9 Å². The molecule has 2 fully saturated rings. The molecule has 2 aliphatic heterocycles. The van der Waals surface area contributed by atoms with Crippen LogP contribution in [0.3, 0.4) is 0 Å². The summed E-state index contributed by atoms with van der Waals surface area (Å²) in [5.74, 6) is 0. The van der Waals surface area contributed by atoms with E-state index < -0.39 is 0 Å².